The van der Waals surface area contributed by atoms with E-state index in [1.165, 1.54) is 6.26 Å². The third kappa shape index (κ3) is 5.07. The van der Waals surface area contributed by atoms with E-state index in [0.717, 1.165) is 22.0 Å². The molecular formula is C30H33N3O5. The number of carbonyl (C=O) groups excluding carboxylic acids is 2. The first-order valence-corrected chi connectivity index (χ1v) is 12.4. The van der Waals surface area contributed by atoms with Gasteiger partial charge in [0.2, 0.25) is 0 Å². The van der Waals surface area contributed by atoms with Gasteiger partial charge in [-0.05, 0) is 43.7 Å². The lowest BCUT2D eigenvalue weighted by molar-refractivity contribution is 0.0523. The lowest BCUT2D eigenvalue weighted by Gasteiger charge is -2.37. The summed E-state index contributed by atoms with van der Waals surface area (Å²) in [4.78, 5) is 43.7. The number of rotatable bonds is 6. The maximum atomic E-state index is 13.9. The van der Waals surface area contributed by atoms with E-state index in [0.29, 0.717) is 44.2 Å². The molecular weight excluding hydrogens is 482 g/mol. The molecule has 3 heterocycles. The van der Waals surface area contributed by atoms with Crippen molar-refractivity contribution in [1.82, 2.24) is 9.47 Å². The second-order valence-electron chi connectivity index (χ2n) is 9.10. The first-order chi connectivity index (χ1) is 18.0. The number of nitrogens with zero attached hydrogens (tertiary/aromatic N) is 3. The van der Waals surface area contributed by atoms with Crippen LogP contribution in [0.15, 0.2) is 76.1 Å². The summed E-state index contributed by atoms with van der Waals surface area (Å²) in [7, 11) is 0. The maximum absolute atomic E-state index is 13.9. The molecule has 4 aromatic rings. The third-order valence-corrected chi connectivity index (χ3v) is 6.67. The Bertz CT molecular complexity index is 1480. The van der Waals surface area contributed by atoms with E-state index in [1.807, 2.05) is 60.4 Å². The number of piperazine rings is 1. The highest BCUT2D eigenvalue weighted by Gasteiger charge is 2.31. The largest absolute Gasteiger partial charge is 0.462 e. The molecule has 0 N–H and O–H groups in total. The predicted molar refractivity (Wildman–Crippen MR) is 148 cm³/mol. The van der Waals surface area contributed by atoms with Crippen LogP contribution in [0.25, 0.3) is 10.9 Å². The van der Waals surface area contributed by atoms with Crippen LogP contribution in [-0.2, 0) is 11.3 Å². The zero-order valence-corrected chi connectivity index (χ0v) is 21.0. The van der Waals surface area contributed by atoms with Crippen molar-refractivity contribution in [3.63, 3.8) is 0 Å². The fraction of sp³-hybridized carbons (Fsp3) is 0.300. The summed E-state index contributed by atoms with van der Waals surface area (Å²) >= 11 is 0. The number of hydrogen-bond donors (Lipinski definition) is 0. The Morgan fingerprint density at radius 1 is 0.974 bits per heavy atom. The van der Waals surface area contributed by atoms with E-state index in [9.17, 15) is 14.4 Å². The van der Waals surface area contributed by atoms with Crippen LogP contribution in [0.3, 0.4) is 0 Å². The van der Waals surface area contributed by atoms with Crippen LogP contribution in [-0.4, -0.2) is 54.1 Å². The van der Waals surface area contributed by atoms with Crippen LogP contribution >= 0.6 is 0 Å². The number of esters is 1. The van der Waals surface area contributed by atoms with Gasteiger partial charge in [-0.3, -0.25) is 9.59 Å². The van der Waals surface area contributed by atoms with E-state index in [1.54, 1.807) is 28.5 Å². The molecule has 1 aliphatic heterocycles. The lowest BCUT2D eigenvalue weighted by atomic mass is 10.0. The Hall–Kier alpha value is -4.33. The molecule has 5 rings (SSSR count). The van der Waals surface area contributed by atoms with Gasteiger partial charge in [0.05, 0.1) is 30.6 Å². The van der Waals surface area contributed by atoms with Crippen LogP contribution in [0.2, 0.25) is 0 Å². The Morgan fingerprint density at radius 3 is 2.37 bits per heavy atom. The molecule has 0 radical (unpaired) electrons. The van der Waals surface area contributed by atoms with Gasteiger partial charge in [-0.2, -0.15) is 0 Å². The summed E-state index contributed by atoms with van der Waals surface area (Å²) in [5.74, 6) is -0.513. The first-order valence-electron chi connectivity index (χ1n) is 12.4. The number of ether oxygens (including phenoxy) is 1. The quantitative estimate of drug-likeness (QED) is 0.345. The van der Waals surface area contributed by atoms with Crippen molar-refractivity contribution in [2.45, 2.75) is 27.8 Å². The molecule has 8 heteroatoms. The van der Waals surface area contributed by atoms with Crippen LogP contribution in [0.4, 0.5) is 5.69 Å². The van der Waals surface area contributed by atoms with Crippen LogP contribution in [0.5, 0.6) is 0 Å². The SMILES string of the molecule is C.CCOC(=O)c1c(N2CCN(C(=O)c3ccco3)CC2)c2cc(C)ccc2n(Cc2ccccc2)c1=O. The number of furan rings is 1. The summed E-state index contributed by atoms with van der Waals surface area (Å²) in [6.45, 7) is 5.99. The molecule has 1 fully saturated rings. The predicted octanol–water partition coefficient (Wildman–Crippen LogP) is 4.73. The molecule has 0 unspecified atom stereocenters. The topological polar surface area (TPSA) is 85.0 Å². The number of amides is 1. The molecule has 0 atom stereocenters. The number of hydrogen-bond acceptors (Lipinski definition) is 6. The molecule has 1 amide bonds. The second kappa shape index (κ2) is 11.4. The number of aromatic nitrogens is 1. The zero-order chi connectivity index (χ0) is 25.9. The van der Waals surface area contributed by atoms with Crippen molar-refractivity contribution in [3.8, 4) is 0 Å². The fourth-order valence-electron chi connectivity index (χ4n) is 4.88. The van der Waals surface area contributed by atoms with Crippen LogP contribution in [0.1, 0.15) is 46.4 Å². The molecule has 2 aromatic heterocycles. The standard InChI is InChI=1S/C29H29N3O5.CH4/c1-3-36-29(35)25-26(30-13-15-31(16-14-30)27(33)24-10-7-17-37-24)22-18-20(2)11-12-23(22)32(28(25)34)19-21-8-5-4-6-9-21;/h4-12,17-18H,3,13-16,19H2,1-2H3;1H4. The molecule has 2 aromatic carbocycles. The van der Waals surface area contributed by atoms with Gasteiger partial charge < -0.3 is 23.5 Å². The van der Waals surface area contributed by atoms with Crippen LogP contribution in [0, 0.1) is 6.92 Å². The van der Waals surface area contributed by atoms with Gasteiger partial charge in [-0.15, -0.1) is 0 Å². The van der Waals surface area contributed by atoms with Gasteiger partial charge in [-0.25, -0.2) is 4.79 Å². The minimum Gasteiger partial charge on any atom is -0.462 e. The van der Waals surface area contributed by atoms with Crippen LogP contribution < -0.4 is 10.5 Å². The Morgan fingerprint density at radius 2 is 1.71 bits per heavy atom. The Labute approximate surface area is 222 Å². The maximum Gasteiger partial charge on any atom is 0.345 e. The molecule has 8 nitrogen and oxygen atoms in total. The van der Waals surface area contributed by atoms with Gasteiger partial charge in [0.25, 0.3) is 11.5 Å². The highest BCUT2D eigenvalue weighted by molar-refractivity contribution is 6.05. The summed E-state index contributed by atoms with van der Waals surface area (Å²) in [6, 6.07) is 18.9. The summed E-state index contributed by atoms with van der Waals surface area (Å²) in [5.41, 5.74) is 2.93. The van der Waals surface area contributed by atoms with Gasteiger partial charge in [0.15, 0.2) is 5.76 Å². The summed E-state index contributed by atoms with van der Waals surface area (Å²) < 4.78 is 12.3. The normalized spacial score (nSPS) is 13.3. The molecule has 0 spiro atoms. The van der Waals surface area contributed by atoms with E-state index in [4.69, 9.17) is 9.15 Å². The zero-order valence-electron chi connectivity index (χ0n) is 21.0. The minimum atomic E-state index is -0.637. The molecule has 0 bridgehead atoms. The summed E-state index contributed by atoms with van der Waals surface area (Å²) in [6.07, 6.45) is 1.48. The molecule has 1 aliphatic rings. The highest BCUT2D eigenvalue weighted by atomic mass is 16.5. The van der Waals surface area contributed by atoms with E-state index in [-0.39, 0.29) is 31.1 Å². The van der Waals surface area contributed by atoms with Crippen molar-refractivity contribution in [2.75, 3.05) is 37.7 Å². The summed E-state index contributed by atoms with van der Waals surface area (Å²) in [5, 5.41) is 0.810. The van der Waals surface area contributed by atoms with Gasteiger partial charge >= 0.3 is 5.97 Å². The van der Waals surface area contributed by atoms with E-state index in [2.05, 4.69) is 0 Å². The smallest absolute Gasteiger partial charge is 0.345 e. The van der Waals surface area contributed by atoms with E-state index >= 15 is 0 Å². The minimum absolute atomic E-state index is 0. The third-order valence-electron chi connectivity index (χ3n) is 6.67. The number of aryl methyl sites for hydroxylation is 1. The Balaban J connectivity index is 0.00000336. The number of benzene rings is 2. The van der Waals surface area contributed by atoms with Gasteiger partial charge in [0, 0.05) is 31.6 Å². The molecule has 0 aliphatic carbocycles. The molecule has 1 saturated heterocycles. The monoisotopic (exact) mass is 515 g/mol. The first kappa shape index (κ1) is 26.7. The lowest BCUT2D eigenvalue weighted by Crippen LogP contribution is -2.49. The van der Waals surface area contributed by atoms with Gasteiger partial charge in [-0.1, -0.05) is 49.4 Å². The number of fused-ring (bicyclic) bond motifs is 1. The number of pyridine rings is 1. The van der Waals surface area contributed by atoms with Crippen molar-refractivity contribution in [3.05, 3.63) is 99.7 Å². The average Bonchev–Trinajstić information content (AvgIpc) is 3.45. The molecule has 0 saturated carbocycles. The highest BCUT2D eigenvalue weighted by Crippen LogP contribution is 2.32. The van der Waals surface area contributed by atoms with Crippen molar-refractivity contribution in [1.29, 1.82) is 0 Å². The molecule has 198 valence electrons. The van der Waals surface area contributed by atoms with Crippen molar-refractivity contribution < 1.29 is 18.7 Å². The van der Waals surface area contributed by atoms with E-state index < -0.39 is 5.97 Å². The fourth-order valence-corrected chi connectivity index (χ4v) is 4.88. The average molecular weight is 516 g/mol. The van der Waals surface area contributed by atoms with Crippen molar-refractivity contribution >= 4 is 28.5 Å². The van der Waals surface area contributed by atoms with Crippen molar-refractivity contribution in [2.24, 2.45) is 0 Å². The number of anilines is 1. The Kier molecular flexibility index (Phi) is 8.00. The van der Waals surface area contributed by atoms with Gasteiger partial charge in [0.1, 0.15) is 5.56 Å². The second-order valence-corrected chi connectivity index (χ2v) is 9.10. The number of carbonyl (C=O) groups is 2. The molecule has 38 heavy (non-hydrogen) atoms.